The molecule has 110 valence electrons. The maximum Gasteiger partial charge on any atom is 0.238 e. The van der Waals surface area contributed by atoms with Crippen molar-refractivity contribution in [3.63, 3.8) is 0 Å². The second-order valence-electron chi connectivity index (χ2n) is 4.83. The van der Waals surface area contributed by atoms with Gasteiger partial charge in [-0.15, -0.1) is 0 Å². The van der Waals surface area contributed by atoms with Gasteiger partial charge in [-0.2, -0.15) is 0 Å². The Hall–Kier alpha value is -1.11. The van der Waals surface area contributed by atoms with Gasteiger partial charge >= 0.3 is 0 Å². The zero-order chi connectivity index (χ0) is 14.8. The van der Waals surface area contributed by atoms with Gasteiger partial charge in [-0.25, -0.2) is 8.42 Å². The normalized spacial score (nSPS) is 19.3. The van der Waals surface area contributed by atoms with Crippen LogP contribution in [-0.4, -0.2) is 44.1 Å². The summed E-state index contributed by atoms with van der Waals surface area (Å²) in [5.74, 6) is -0.904. The van der Waals surface area contributed by atoms with Crippen LogP contribution in [0.15, 0.2) is 29.2 Å². The zero-order valence-corrected chi connectivity index (χ0v) is 12.5. The lowest BCUT2D eigenvalue weighted by Crippen LogP contribution is -2.42. The number of carbonyl (C=O) groups is 1. The van der Waals surface area contributed by atoms with E-state index in [1.165, 1.54) is 24.3 Å². The van der Waals surface area contributed by atoms with Gasteiger partial charge in [0.2, 0.25) is 5.91 Å². The fourth-order valence-corrected chi connectivity index (χ4v) is 3.71. The van der Waals surface area contributed by atoms with Crippen LogP contribution in [0.4, 0.5) is 0 Å². The molecule has 1 aliphatic heterocycles. The average Bonchev–Trinajstić information content (AvgIpc) is 2.87. The highest BCUT2D eigenvalue weighted by molar-refractivity contribution is 7.92. The average molecular weight is 317 g/mol. The largest absolute Gasteiger partial charge is 0.338 e. The molecule has 2 rings (SSSR count). The first-order chi connectivity index (χ1) is 9.44. The molecule has 0 bridgehead atoms. The molecule has 0 radical (unpaired) electrons. The molecule has 1 saturated heterocycles. The minimum Gasteiger partial charge on any atom is -0.338 e. The third-order valence-corrected chi connectivity index (χ3v) is 5.33. The van der Waals surface area contributed by atoms with Crippen molar-refractivity contribution in [2.24, 2.45) is 5.73 Å². The van der Waals surface area contributed by atoms with Crippen LogP contribution >= 0.6 is 11.6 Å². The molecule has 1 aliphatic rings. The number of likely N-dealkylation sites (tertiary alicyclic amines) is 1. The number of nitrogens with two attached hydrogens (primary N) is 1. The van der Waals surface area contributed by atoms with Crippen molar-refractivity contribution in [3.05, 3.63) is 29.3 Å². The van der Waals surface area contributed by atoms with Gasteiger partial charge in [-0.05, 0) is 37.1 Å². The smallest absolute Gasteiger partial charge is 0.238 e. The van der Waals surface area contributed by atoms with Crippen LogP contribution < -0.4 is 5.73 Å². The maximum atomic E-state index is 12.2. The maximum absolute atomic E-state index is 12.2. The molecule has 0 aliphatic carbocycles. The van der Waals surface area contributed by atoms with Gasteiger partial charge in [0.25, 0.3) is 0 Å². The number of rotatable bonds is 4. The first-order valence-electron chi connectivity index (χ1n) is 6.42. The Morgan fingerprint density at radius 2 is 2.00 bits per heavy atom. The van der Waals surface area contributed by atoms with E-state index in [1.807, 2.05) is 0 Å². The van der Waals surface area contributed by atoms with Gasteiger partial charge in [0.15, 0.2) is 9.84 Å². The summed E-state index contributed by atoms with van der Waals surface area (Å²) < 4.78 is 24.4. The predicted molar refractivity (Wildman–Crippen MR) is 77.3 cm³/mol. The lowest BCUT2D eigenvalue weighted by atomic mass is 10.2. The first kappa shape index (κ1) is 15.3. The fraction of sp³-hybridized carbons (Fsp3) is 0.462. The summed E-state index contributed by atoms with van der Waals surface area (Å²) in [7, 11) is -3.64. The molecule has 1 unspecified atom stereocenters. The molecule has 7 heteroatoms. The summed E-state index contributed by atoms with van der Waals surface area (Å²) in [6.45, 7) is 0.948. The molecule has 0 spiro atoms. The third kappa shape index (κ3) is 3.31. The predicted octanol–water partition coefficient (Wildman–Crippen LogP) is 1.06. The van der Waals surface area contributed by atoms with Crippen LogP contribution in [0.5, 0.6) is 0 Å². The number of hydrogen-bond donors (Lipinski definition) is 1. The molecule has 0 aromatic heterocycles. The van der Waals surface area contributed by atoms with Gasteiger partial charge in [-0.3, -0.25) is 4.79 Å². The molecule has 5 nitrogen and oxygen atoms in total. The van der Waals surface area contributed by atoms with Crippen LogP contribution in [0, 0.1) is 0 Å². The molecule has 1 fully saturated rings. The highest BCUT2D eigenvalue weighted by Crippen LogP contribution is 2.19. The first-order valence-corrected chi connectivity index (χ1v) is 8.45. The van der Waals surface area contributed by atoms with E-state index < -0.39 is 15.6 Å². The van der Waals surface area contributed by atoms with E-state index in [1.54, 1.807) is 4.90 Å². The zero-order valence-electron chi connectivity index (χ0n) is 11.0. The van der Waals surface area contributed by atoms with E-state index in [4.69, 9.17) is 17.3 Å². The lowest BCUT2D eigenvalue weighted by Gasteiger charge is -2.23. The monoisotopic (exact) mass is 316 g/mol. The third-order valence-electron chi connectivity index (χ3n) is 3.46. The summed E-state index contributed by atoms with van der Waals surface area (Å²) in [5, 5.41) is 0.456. The number of benzene rings is 1. The van der Waals surface area contributed by atoms with E-state index in [0.29, 0.717) is 18.1 Å². The summed E-state index contributed by atoms with van der Waals surface area (Å²) in [6.07, 6.45) is 1.71. The molecule has 1 atom stereocenters. The Bertz CT molecular complexity index is 586. The van der Waals surface area contributed by atoms with Crippen molar-refractivity contribution in [3.8, 4) is 0 Å². The van der Waals surface area contributed by atoms with Crippen LogP contribution in [-0.2, 0) is 14.6 Å². The van der Waals surface area contributed by atoms with Gasteiger partial charge in [0.1, 0.15) is 5.75 Å². The van der Waals surface area contributed by atoms with E-state index in [2.05, 4.69) is 0 Å². The fourth-order valence-electron chi connectivity index (χ4n) is 2.38. The molecule has 1 heterocycles. The van der Waals surface area contributed by atoms with Crippen molar-refractivity contribution in [1.82, 2.24) is 4.90 Å². The quantitative estimate of drug-likeness (QED) is 0.900. The summed E-state index contributed by atoms with van der Waals surface area (Å²) in [6, 6.07) is 5.78. The second kappa shape index (κ2) is 6.11. The van der Waals surface area contributed by atoms with Crippen LogP contribution in [0.25, 0.3) is 0 Å². The highest BCUT2D eigenvalue weighted by atomic mass is 35.5. The number of sulfone groups is 1. The standard InChI is InChI=1S/C13H17ClN2O3S/c14-10-3-5-12(6-4-10)20(18,19)9-13(17)16-7-1-2-11(16)8-15/h3-6,11H,1-2,7-9,15H2. The second-order valence-corrected chi connectivity index (χ2v) is 7.26. The van der Waals surface area contributed by atoms with E-state index >= 15 is 0 Å². The Morgan fingerprint density at radius 1 is 1.35 bits per heavy atom. The minimum absolute atomic E-state index is 0.0390. The Morgan fingerprint density at radius 3 is 2.60 bits per heavy atom. The van der Waals surface area contributed by atoms with E-state index in [-0.39, 0.29) is 16.8 Å². The number of halogens is 1. The van der Waals surface area contributed by atoms with Gasteiger partial charge in [0, 0.05) is 24.2 Å². The number of hydrogen-bond acceptors (Lipinski definition) is 4. The van der Waals surface area contributed by atoms with E-state index in [9.17, 15) is 13.2 Å². The Labute approximate surface area is 123 Å². The van der Waals surface area contributed by atoms with Crippen LogP contribution in [0.3, 0.4) is 0 Å². The number of carbonyl (C=O) groups excluding carboxylic acids is 1. The highest BCUT2D eigenvalue weighted by Gasteiger charge is 2.30. The van der Waals surface area contributed by atoms with Gasteiger partial charge in [-0.1, -0.05) is 11.6 Å². The van der Waals surface area contributed by atoms with Crippen molar-refractivity contribution in [1.29, 1.82) is 0 Å². The topological polar surface area (TPSA) is 80.5 Å². The molecular formula is C13H17ClN2O3S. The molecule has 1 amide bonds. The molecule has 20 heavy (non-hydrogen) atoms. The van der Waals surface area contributed by atoms with Crippen LogP contribution in [0.1, 0.15) is 12.8 Å². The molecule has 1 aromatic rings. The minimum atomic E-state index is -3.64. The molecule has 1 aromatic carbocycles. The van der Waals surface area contributed by atoms with E-state index in [0.717, 1.165) is 12.8 Å². The van der Waals surface area contributed by atoms with Crippen molar-refractivity contribution < 1.29 is 13.2 Å². The van der Waals surface area contributed by atoms with Crippen molar-refractivity contribution in [2.45, 2.75) is 23.8 Å². The molecular weight excluding hydrogens is 300 g/mol. The van der Waals surface area contributed by atoms with Crippen LogP contribution in [0.2, 0.25) is 5.02 Å². The molecule has 0 saturated carbocycles. The lowest BCUT2D eigenvalue weighted by molar-refractivity contribution is -0.129. The summed E-state index contributed by atoms with van der Waals surface area (Å²) in [4.78, 5) is 13.8. The van der Waals surface area contributed by atoms with Gasteiger partial charge < -0.3 is 10.6 Å². The molecule has 2 N–H and O–H groups in total. The Kier molecular flexibility index (Phi) is 4.67. The SMILES string of the molecule is NCC1CCCN1C(=O)CS(=O)(=O)c1ccc(Cl)cc1. The van der Waals surface area contributed by atoms with Gasteiger partial charge in [0.05, 0.1) is 4.90 Å². The number of nitrogens with zero attached hydrogens (tertiary/aromatic N) is 1. The Balaban J connectivity index is 2.12. The van der Waals surface area contributed by atoms with Crippen molar-refractivity contribution >= 4 is 27.3 Å². The number of amides is 1. The summed E-state index contributed by atoms with van der Waals surface area (Å²) >= 11 is 5.73. The van der Waals surface area contributed by atoms with Crippen molar-refractivity contribution in [2.75, 3.05) is 18.8 Å². The summed E-state index contributed by atoms with van der Waals surface area (Å²) in [5.41, 5.74) is 5.60.